The molecule has 0 aromatic heterocycles. The van der Waals surface area contributed by atoms with Crippen LogP contribution in [0.3, 0.4) is 0 Å². The van der Waals surface area contributed by atoms with E-state index in [1.54, 1.807) is 0 Å². The Morgan fingerprint density at radius 3 is 1.90 bits per heavy atom. The second-order valence-corrected chi connectivity index (χ2v) is 4.02. The number of nitrogens with zero attached hydrogens (tertiary/aromatic N) is 1. The largest absolute Gasteiger partial charge is 0.259 e. The average molecular weight is 143 g/mol. The first kappa shape index (κ1) is 7.66. The number of rotatable bonds is 0. The van der Waals surface area contributed by atoms with Crippen LogP contribution < -0.4 is 5.32 Å². The molecule has 0 atom stereocenters. The summed E-state index contributed by atoms with van der Waals surface area (Å²) in [5.74, 6) is 0. The first-order valence-electron chi connectivity index (χ1n) is 3.59. The quantitative estimate of drug-likeness (QED) is 0.510. The molecule has 1 rings (SSSR count). The normalized spacial score (nSPS) is 29.0. The lowest BCUT2D eigenvalue weighted by Gasteiger charge is -2.10. The summed E-state index contributed by atoms with van der Waals surface area (Å²) < 4.78 is 1.12. The van der Waals surface area contributed by atoms with Crippen LogP contribution >= 0.6 is 0 Å². The van der Waals surface area contributed by atoms with Crippen molar-refractivity contribution in [3.63, 3.8) is 0 Å². The smallest absolute Gasteiger partial charge is 0.247 e. The van der Waals surface area contributed by atoms with Crippen LogP contribution in [-0.4, -0.2) is 22.5 Å². The lowest BCUT2D eigenvalue weighted by molar-refractivity contribution is -0.659. The zero-order valence-corrected chi connectivity index (χ0v) is 7.06. The van der Waals surface area contributed by atoms with E-state index < -0.39 is 0 Å². The maximum Gasteiger partial charge on any atom is 0.259 e. The second-order valence-electron chi connectivity index (χ2n) is 4.02. The van der Waals surface area contributed by atoms with Gasteiger partial charge in [0, 0.05) is 37.4 Å². The molecule has 0 spiro atoms. The summed E-state index contributed by atoms with van der Waals surface area (Å²) in [6.07, 6.45) is 0. The summed E-state index contributed by atoms with van der Waals surface area (Å²) in [7, 11) is 0. The maximum atomic E-state index is 11.4. The summed E-state index contributed by atoms with van der Waals surface area (Å²) in [6.45, 7) is 8.45. The third kappa shape index (κ3) is 0.944. The molecular formula is C7H15N2O+. The molecule has 10 heavy (non-hydrogen) atoms. The van der Waals surface area contributed by atoms with E-state index in [9.17, 15) is 4.91 Å². The highest BCUT2D eigenvalue weighted by Crippen LogP contribution is 2.23. The lowest BCUT2D eigenvalue weighted by atomic mass is 10.1. The van der Waals surface area contributed by atoms with Gasteiger partial charge in [-0.3, -0.25) is 0 Å². The average Bonchev–Trinajstić information content (AvgIpc) is 1.95. The van der Waals surface area contributed by atoms with Gasteiger partial charge in [-0.15, -0.1) is 0 Å². The van der Waals surface area contributed by atoms with Gasteiger partial charge in [0.25, 0.3) is 5.66 Å². The van der Waals surface area contributed by atoms with Gasteiger partial charge in [0.05, 0.1) is 6.54 Å². The zero-order valence-electron chi connectivity index (χ0n) is 7.06. The van der Waals surface area contributed by atoms with Gasteiger partial charge in [0.2, 0.25) is 5.54 Å². The van der Waals surface area contributed by atoms with Crippen molar-refractivity contribution in [3.05, 3.63) is 4.91 Å². The molecule has 0 bridgehead atoms. The number of hydrogen-bond donors (Lipinski definition) is 1. The lowest BCUT2D eigenvalue weighted by Crippen LogP contribution is -2.42. The molecule has 58 valence electrons. The zero-order chi connectivity index (χ0) is 7.99. The van der Waals surface area contributed by atoms with Gasteiger partial charge in [0.15, 0.2) is 0 Å². The van der Waals surface area contributed by atoms with Gasteiger partial charge in [-0.25, -0.2) is 5.32 Å². The maximum absolute atomic E-state index is 11.4. The monoisotopic (exact) mass is 143 g/mol. The van der Waals surface area contributed by atoms with Gasteiger partial charge < -0.3 is 0 Å². The highest BCUT2D eigenvalue weighted by Gasteiger charge is 2.53. The van der Waals surface area contributed by atoms with Crippen molar-refractivity contribution >= 4 is 0 Å². The molecule has 0 saturated carbocycles. The van der Waals surface area contributed by atoms with E-state index in [-0.39, 0.29) is 11.2 Å². The van der Waals surface area contributed by atoms with Crippen LogP contribution in [0.2, 0.25) is 0 Å². The van der Waals surface area contributed by atoms with Gasteiger partial charge in [0.1, 0.15) is 0 Å². The molecule has 3 heteroatoms. The molecule has 1 heterocycles. The van der Waals surface area contributed by atoms with Crippen molar-refractivity contribution in [1.29, 1.82) is 0 Å². The Kier molecular flexibility index (Phi) is 1.37. The molecule has 1 aliphatic rings. The van der Waals surface area contributed by atoms with Crippen LogP contribution in [0.15, 0.2) is 0 Å². The third-order valence-electron chi connectivity index (χ3n) is 2.01. The Morgan fingerprint density at radius 1 is 1.30 bits per heavy atom. The van der Waals surface area contributed by atoms with Crippen LogP contribution in [0.5, 0.6) is 0 Å². The standard InChI is InChI=1S/C7H15N2O/c1-6(2)5-8-7(3,4)9(6)10/h8H,5H2,1-4H3/q+1. The molecule has 3 nitrogen and oxygen atoms in total. The van der Waals surface area contributed by atoms with Crippen molar-refractivity contribution in [2.45, 2.75) is 38.9 Å². The number of nitrogens with one attached hydrogen (secondary N) is 1. The molecule has 1 fully saturated rings. The summed E-state index contributed by atoms with van der Waals surface area (Å²) >= 11 is 0. The van der Waals surface area contributed by atoms with E-state index in [4.69, 9.17) is 0 Å². The van der Waals surface area contributed by atoms with E-state index in [0.29, 0.717) is 0 Å². The minimum Gasteiger partial charge on any atom is -0.247 e. The minimum absolute atomic E-state index is 0.247. The molecule has 0 aromatic carbocycles. The summed E-state index contributed by atoms with van der Waals surface area (Å²) in [5, 5.41) is 3.15. The van der Waals surface area contributed by atoms with Crippen molar-refractivity contribution in [3.8, 4) is 0 Å². The van der Waals surface area contributed by atoms with E-state index in [1.807, 2.05) is 27.7 Å². The molecule has 0 unspecified atom stereocenters. The Hall–Kier alpha value is -0.440. The second kappa shape index (κ2) is 1.78. The molecule has 0 aromatic rings. The SMILES string of the molecule is CC1(C)CNC(C)(C)[N+]1=O. The topological polar surface area (TPSA) is 32.1 Å². The van der Waals surface area contributed by atoms with Crippen molar-refractivity contribution in [2.24, 2.45) is 0 Å². The van der Waals surface area contributed by atoms with Crippen LogP contribution in [0.25, 0.3) is 0 Å². The molecule has 0 aliphatic carbocycles. The van der Waals surface area contributed by atoms with Gasteiger partial charge in [-0.1, -0.05) is 0 Å². The highest BCUT2D eigenvalue weighted by atomic mass is 16.3. The van der Waals surface area contributed by atoms with Crippen molar-refractivity contribution in [1.82, 2.24) is 5.32 Å². The van der Waals surface area contributed by atoms with Crippen molar-refractivity contribution < 1.29 is 4.76 Å². The van der Waals surface area contributed by atoms with Crippen LogP contribution in [-0.2, 0) is 0 Å². The first-order chi connectivity index (χ1) is 4.36. The van der Waals surface area contributed by atoms with E-state index >= 15 is 0 Å². The number of nitroso groups, excluding NO2 is 1. The summed E-state index contributed by atoms with van der Waals surface area (Å²) in [5.41, 5.74) is -0.632. The molecule has 1 aliphatic heterocycles. The Morgan fingerprint density at radius 2 is 1.80 bits per heavy atom. The number of hydrogen-bond acceptors (Lipinski definition) is 2. The Bertz CT molecular complexity index is 154. The Balaban J connectivity index is 2.88. The van der Waals surface area contributed by atoms with Crippen LogP contribution in [0.4, 0.5) is 0 Å². The molecule has 0 amide bonds. The summed E-state index contributed by atoms with van der Waals surface area (Å²) in [4.78, 5) is 11.4. The van der Waals surface area contributed by atoms with Crippen LogP contribution in [0, 0.1) is 4.91 Å². The van der Waals surface area contributed by atoms with Gasteiger partial charge >= 0.3 is 0 Å². The minimum atomic E-state index is -0.385. The van der Waals surface area contributed by atoms with Crippen LogP contribution in [0.1, 0.15) is 27.7 Å². The molecule has 1 saturated heterocycles. The Labute approximate surface area is 61.4 Å². The first-order valence-corrected chi connectivity index (χ1v) is 3.59. The van der Waals surface area contributed by atoms with E-state index in [0.717, 1.165) is 11.3 Å². The van der Waals surface area contributed by atoms with E-state index in [1.165, 1.54) is 0 Å². The fraction of sp³-hybridized carbons (Fsp3) is 1.00. The predicted molar refractivity (Wildman–Crippen MR) is 39.8 cm³/mol. The predicted octanol–water partition coefficient (Wildman–Crippen LogP) is 0.883. The van der Waals surface area contributed by atoms with Gasteiger partial charge in [-0.2, -0.15) is 0 Å². The third-order valence-corrected chi connectivity index (χ3v) is 2.01. The molecule has 0 radical (unpaired) electrons. The fourth-order valence-electron chi connectivity index (χ4n) is 1.33. The van der Waals surface area contributed by atoms with E-state index in [2.05, 4.69) is 5.32 Å². The highest BCUT2D eigenvalue weighted by molar-refractivity contribution is 4.83. The fourth-order valence-corrected chi connectivity index (χ4v) is 1.33. The molecular weight excluding hydrogens is 128 g/mol. The summed E-state index contributed by atoms with van der Waals surface area (Å²) in [6, 6.07) is 0. The van der Waals surface area contributed by atoms with Gasteiger partial charge in [-0.05, 0) is 0 Å². The molecule has 1 N–H and O–H groups in total. The van der Waals surface area contributed by atoms with Crippen molar-refractivity contribution in [2.75, 3.05) is 6.54 Å².